The number of hydrogen-bond donors (Lipinski definition) is 3. The minimum absolute atomic E-state index is 0.0975. The molecule has 1 amide bonds. The Hall–Kier alpha value is -2.17. The smallest absolute Gasteiger partial charge is 0.407 e. The molecule has 1 fully saturated rings. The predicted octanol–water partition coefficient (Wildman–Crippen LogP) is 4.94. The molecular formula is C24H36N4O4S2. The van der Waals surface area contributed by atoms with Crippen molar-refractivity contribution in [3.05, 3.63) is 28.9 Å². The van der Waals surface area contributed by atoms with Crippen LogP contribution in [0.2, 0.25) is 0 Å². The minimum Gasteiger partial charge on any atom is -0.447 e. The maximum absolute atomic E-state index is 13.2. The molecular weight excluding hydrogens is 472 g/mol. The van der Waals surface area contributed by atoms with Gasteiger partial charge in [-0.1, -0.05) is 6.07 Å². The fraction of sp³-hybridized carbons (Fsp3) is 0.583. The molecule has 0 unspecified atom stereocenters. The second-order valence-electron chi connectivity index (χ2n) is 10.2. The van der Waals surface area contributed by atoms with Gasteiger partial charge in [-0.05, 0) is 79.4 Å². The van der Waals surface area contributed by atoms with Gasteiger partial charge in [-0.2, -0.15) is 0 Å². The van der Waals surface area contributed by atoms with Gasteiger partial charge in [0.1, 0.15) is 0 Å². The van der Waals surface area contributed by atoms with Gasteiger partial charge in [-0.25, -0.2) is 22.9 Å². The van der Waals surface area contributed by atoms with Crippen LogP contribution in [-0.4, -0.2) is 37.2 Å². The molecule has 1 aliphatic carbocycles. The molecule has 3 rings (SSSR count). The van der Waals surface area contributed by atoms with Crippen molar-refractivity contribution in [3.63, 3.8) is 0 Å². The third kappa shape index (κ3) is 6.70. The number of nitrogen functional groups attached to an aromatic ring is 1. The zero-order valence-electron chi connectivity index (χ0n) is 20.8. The predicted molar refractivity (Wildman–Crippen MR) is 137 cm³/mol. The van der Waals surface area contributed by atoms with Crippen LogP contribution in [0.5, 0.6) is 0 Å². The van der Waals surface area contributed by atoms with E-state index in [4.69, 9.17) is 15.5 Å². The number of thiazole rings is 1. The van der Waals surface area contributed by atoms with Crippen LogP contribution in [0.15, 0.2) is 23.1 Å². The molecule has 34 heavy (non-hydrogen) atoms. The SMILES string of the molecule is Cc1nc([C@H]2CC[C@H](NC(=O)OC(C)C)CC2)sc1-c1ccc(N)cc1S(=O)(=O)NC(C)(C)C. The van der Waals surface area contributed by atoms with Crippen molar-refractivity contribution in [1.82, 2.24) is 15.0 Å². The number of hydrogen-bond acceptors (Lipinski definition) is 7. The van der Waals surface area contributed by atoms with Gasteiger partial charge < -0.3 is 15.8 Å². The lowest BCUT2D eigenvalue weighted by atomic mass is 9.86. The van der Waals surface area contributed by atoms with Crippen LogP contribution in [0.25, 0.3) is 10.4 Å². The summed E-state index contributed by atoms with van der Waals surface area (Å²) in [6.45, 7) is 11.0. The first-order valence-electron chi connectivity index (χ1n) is 11.6. The second-order valence-corrected chi connectivity index (χ2v) is 12.9. The number of aromatic nitrogens is 1. The van der Waals surface area contributed by atoms with E-state index < -0.39 is 15.6 Å². The van der Waals surface area contributed by atoms with E-state index in [0.717, 1.165) is 41.3 Å². The Balaban J connectivity index is 1.81. The summed E-state index contributed by atoms with van der Waals surface area (Å²) in [7, 11) is -3.78. The normalized spacial score (nSPS) is 19.3. The van der Waals surface area contributed by atoms with Gasteiger partial charge in [-0.3, -0.25) is 0 Å². The molecule has 1 aromatic heterocycles. The van der Waals surface area contributed by atoms with E-state index in [1.807, 2.05) is 20.8 Å². The summed E-state index contributed by atoms with van der Waals surface area (Å²) < 4.78 is 34.3. The number of carbonyl (C=O) groups excluding carboxylic acids is 1. The van der Waals surface area contributed by atoms with Crippen LogP contribution in [0.1, 0.15) is 76.9 Å². The maximum Gasteiger partial charge on any atom is 0.407 e. The number of nitrogens with one attached hydrogen (secondary N) is 2. The van der Waals surface area contributed by atoms with Crippen molar-refractivity contribution in [3.8, 4) is 10.4 Å². The van der Waals surface area contributed by atoms with Crippen molar-refractivity contribution in [2.75, 3.05) is 5.73 Å². The lowest BCUT2D eigenvalue weighted by molar-refractivity contribution is 0.109. The molecule has 4 N–H and O–H groups in total. The number of anilines is 1. The van der Waals surface area contributed by atoms with E-state index in [1.54, 1.807) is 44.2 Å². The van der Waals surface area contributed by atoms with Gasteiger partial charge in [0.2, 0.25) is 10.0 Å². The Morgan fingerprint density at radius 1 is 1.21 bits per heavy atom. The highest BCUT2D eigenvalue weighted by Crippen LogP contribution is 2.41. The van der Waals surface area contributed by atoms with Crippen molar-refractivity contribution < 1.29 is 17.9 Å². The average Bonchev–Trinajstić information content (AvgIpc) is 3.07. The molecule has 1 aliphatic rings. The number of sulfonamides is 1. The number of benzene rings is 1. The first-order valence-corrected chi connectivity index (χ1v) is 13.9. The van der Waals surface area contributed by atoms with Crippen LogP contribution in [0, 0.1) is 6.92 Å². The quantitative estimate of drug-likeness (QED) is 0.475. The Morgan fingerprint density at radius 3 is 2.44 bits per heavy atom. The number of carbonyl (C=O) groups is 1. The van der Waals surface area contributed by atoms with E-state index in [1.165, 1.54) is 6.07 Å². The molecule has 8 nitrogen and oxygen atoms in total. The van der Waals surface area contributed by atoms with Gasteiger partial charge in [0, 0.05) is 28.7 Å². The Labute approximate surface area is 206 Å². The Morgan fingerprint density at radius 2 is 1.85 bits per heavy atom. The van der Waals surface area contributed by atoms with Crippen LogP contribution >= 0.6 is 11.3 Å². The van der Waals surface area contributed by atoms with E-state index in [9.17, 15) is 13.2 Å². The molecule has 0 spiro atoms. The first-order chi connectivity index (χ1) is 15.7. The number of nitrogens with zero attached hydrogens (tertiary/aromatic N) is 1. The fourth-order valence-electron chi connectivity index (χ4n) is 4.15. The lowest BCUT2D eigenvalue weighted by Gasteiger charge is -2.28. The molecule has 1 heterocycles. The molecule has 10 heteroatoms. The van der Waals surface area contributed by atoms with E-state index in [-0.39, 0.29) is 29.1 Å². The molecule has 1 saturated carbocycles. The van der Waals surface area contributed by atoms with Crippen LogP contribution in [0.4, 0.5) is 10.5 Å². The zero-order valence-corrected chi connectivity index (χ0v) is 22.4. The monoisotopic (exact) mass is 508 g/mol. The summed E-state index contributed by atoms with van der Waals surface area (Å²) in [5, 5.41) is 3.95. The highest BCUT2D eigenvalue weighted by molar-refractivity contribution is 7.89. The van der Waals surface area contributed by atoms with Gasteiger partial charge in [0.05, 0.1) is 26.6 Å². The van der Waals surface area contributed by atoms with Crippen molar-refractivity contribution >= 4 is 33.1 Å². The number of aryl methyl sites for hydroxylation is 1. The largest absolute Gasteiger partial charge is 0.447 e. The third-order valence-electron chi connectivity index (χ3n) is 5.53. The summed E-state index contributed by atoms with van der Waals surface area (Å²) in [6, 6.07) is 5.09. The van der Waals surface area contributed by atoms with Gasteiger partial charge >= 0.3 is 6.09 Å². The number of amides is 1. The molecule has 0 radical (unpaired) electrons. The summed E-state index contributed by atoms with van der Waals surface area (Å²) in [5.74, 6) is 0.276. The topological polar surface area (TPSA) is 123 Å². The third-order valence-corrected chi connectivity index (χ3v) is 8.69. The van der Waals surface area contributed by atoms with Crippen molar-refractivity contribution in [2.24, 2.45) is 0 Å². The Kier molecular flexibility index (Phi) is 7.94. The molecule has 0 atom stereocenters. The molecule has 188 valence electrons. The highest BCUT2D eigenvalue weighted by atomic mass is 32.2. The maximum atomic E-state index is 13.2. The minimum atomic E-state index is -3.78. The van der Waals surface area contributed by atoms with Crippen LogP contribution in [-0.2, 0) is 14.8 Å². The molecule has 2 aromatic rings. The number of ether oxygens (including phenoxy) is 1. The van der Waals surface area contributed by atoms with Gasteiger partial charge in [0.15, 0.2) is 0 Å². The fourth-order valence-corrected chi connectivity index (χ4v) is 7.16. The van der Waals surface area contributed by atoms with Gasteiger partial charge in [-0.15, -0.1) is 11.3 Å². The van der Waals surface area contributed by atoms with Crippen LogP contribution < -0.4 is 15.8 Å². The molecule has 0 bridgehead atoms. The van der Waals surface area contributed by atoms with Crippen LogP contribution in [0.3, 0.4) is 0 Å². The van der Waals surface area contributed by atoms with E-state index in [2.05, 4.69) is 10.0 Å². The summed E-state index contributed by atoms with van der Waals surface area (Å²) in [5.41, 5.74) is 7.14. The zero-order chi connectivity index (χ0) is 25.3. The van der Waals surface area contributed by atoms with Crippen molar-refractivity contribution in [1.29, 1.82) is 0 Å². The first kappa shape index (κ1) is 26.4. The summed E-state index contributed by atoms with van der Waals surface area (Å²) >= 11 is 1.54. The summed E-state index contributed by atoms with van der Waals surface area (Å²) in [6.07, 6.45) is 2.99. The van der Waals surface area contributed by atoms with Crippen molar-refractivity contribution in [2.45, 2.75) is 95.7 Å². The number of alkyl carbamates (subject to hydrolysis) is 1. The van der Waals surface area contributed by atoms with E-state index >= 15 is 0 Å². The Bertz CT molecular complexity index is 1130. The van der Waals surface area contributed by atoms with E-state index in [0.29, 0.717) is 11.3 Å². The standard InChI is InChI=1S/C24H36N4O4S2/c1-14(2)32-23(29)27-18-10-7-16(8-11-18)22-26-15(3)21(33-22)19-12-9-17(25)13-20(19)34(30,31)28-24(4,5)6/h9,12-14,16,18,28H,7-8,10-11,25H2,1-6H3,(H,27,29)/t16-,18-. The second kappa shape index (κ2) is 10.2. The van der Waals surface area contributed by atoms with Gasteiger partial charge in [0.25, 0.3) is 0 Å². The molecule has 0 saturated heterocycles. The highest BCUT2D eigenvalue weighted by Gasteiger charge is 2.29. The number of rotatable bonds is 6. The molecule has 0 aliphatic heterocycles. The summed E-state index contributed by atoms with van der Waals surface area (Å²) in [4.78, 5) is 17.7. The number of nitrogens with two attached hydrogens (primary N) is 1. The molecule has 1 aromatic carbocycles. The average molecular weight is 509 g/mol. The lowest BCUT2D eigenvalue weighted by Crippen LogP contribution is -2.40.